The van der Waals surface area contributed by atoms with Gasteiger partial charge in [0.1, 0.15) is 11.5 Å². The van der Waals surface area contributed by atoms with Gasteiger partial charge in [-0.15, -0.1) is 0 Å². The lowest BCUT2D eigenvalue weighted by molar-refractivity contribution is 0.101. The topological polar surface area (TPSA) is 35.5 Å². The Kier molecular flexibility index (Phi) is 3.35. The molecule has 0 radical (unpaired) electrons. The van der Waals surface area contributed by atoms with Crippen molar-refractivity contribution in [2.45, 2.75) is 20.8 Å². The lowest BCUT2D eigenvalue weighted by Gasteiger charge is -2.15. The van der Waals surface area contributed by atoms with Crippen LogP contribution in [0.5, 0.6) is 11.5 Å². The maximum atomic E-state index is 11.4. The van der Waals surface area contributed by atoms with Gasteiger partial charge in [-0.1, -0.05) is 0 Å². The van der Waals surface area contributed by atoms with E-state index in [-0.39, 0.29) is 5.78 Å². The van der Waals surface area contributed by atoms with Crippen molar-refractivity contribution in [1.82, 2.24) is 0 Å². The van der Waals surface area contributed by atoms with E-state index >= 15 is 0 Å². The van der Waals surface area contributed by atoms with E-state index < -0.39 is 0 Å². The third-order valence-corrected chi connectivity index (χ3v) is 2.60. The summed E-state index contributed by atoms with van der Waals surface area (Å²) in [5.74, 6) is 1.34. The van der Waals surface area contributed by atoms with Crippen molar-refractivity contribution in [3.8, 4) is 11.5 Å². The number of methoxy groups -OCH3 is 2. The van der Waals surface area contributed by atoms with E-state index in [4.69, 9.17) is 9.47 Å². The number of carbonyl (C=O) groups excluding carboxylic acids is 1. The lowest BCUT2D eigenvalue weighted by atomic mass is 10.0. The molecule has 3 heteroatoms. The molecule has 15 heavy (non-hydrogen) atoms. The molecule has 0 amide bonds. The molecule has 0 heterocycles. The maximum Gasteiger partial charge on any atom is 0.163 e. The molecule has 0 N–H and O–H groups in total. The first-order valence-electron chi connectivity index (χ1n) is 4.76. The summed E-state index contributed by atoms with van der Waals surface area (Å²) in [7, 11) is 3.17. The molecule has 1 aromatic carbocycles. The Balaban J connectivity index is 3.51. The number of Topliss-reactive ketones (excluding diaryl/α,β-unsaturated/α-hetero) is 1. The van der Waals surface area contributed by atoms with E-state index in [0.29, 0.717) is 11.3 Å². The third kappa shape index (κ3) is 1.96. The third-order valence-electron chi connectivity index (χ3n) is 2.60. The van der Waals surface area contributed by atoms with Crippen molar-refractivity contribution >= 4 is 5.78 Å². The Labute approximate surface area is 90.0 Å². The average molecular weight is 208 g/mol. The zero-order chi connectivity index (χ0) is 11.6. The fourth-order valence-electron chi connectivity index (χ4n) is 1.60. The number of hydrogen-bond donors (Lipinski definition) is 0. The van der Waals surface area contributed by atoms with Crippen LogP contribution in [-0.4, -0.2) is 20.0 Å². The summed E-state index contributed by atoms with van der Waals surface area (Å²) in [5, 5.41) is 0. The number of ether oxygens (including phenoxy) is 2. The second-order valence-corrected chi connectivity index (χ2v) is 3.47. The van der Waals surface area contributed by atoms with Crippen LogP contribution in [-0.2, 0) is 0 Å². The molecule has 3 nitrogen and oxygen atoms in total. The van der Waals surface area contributed by atoms with Crippen LogP contribution in [0.2, 0.25) is 0 Å². The number of hydrogen-bond acceptors (Lipinski definition) is 3. The van der Waals surface area contributed by atoms with E-state index in [2.05, 4.69) is 0 Å². The van der Waals surface area contributed by atoms with Crippen molar-refractivity contribution in [3.05, 3.63) is 22.8 Å². The highest BCUT2D eigenvalue weighted by Crippen LogP contribution is 2.33. The Morgan fingerprint density at radius 1 is 1.13 bits per heavy atom. The van der Waals surface area contributed by atoms with Gasteiger partial charge in [-0.05, 0) is 38.0 Å². The first kappa shape index (κ1) is 11.6. The monoisotopic (exact) mass is 208 g/mol. The molecule has 0 atom stereocenters. The molecule has 0 saturated heterocycles. The fourth-order valence-corrected chi connectivity index (χ4v) is 1.60. The van der Waals surface area contributed by atoms with Gasteiger partial charge in [-0.25, -0.2) is 0 Å². The molecule has 0 aromatic heterocycles. The molecule has 0 saturated carbocycles. The summed E-state index contributed by atoms with van der Waals surface area (Å²) in [6.07, 6.45) is 0. The highest BCUT2D eigenvalue weighted by atomic mass is 16.5. The van der Waals surface area contributed by atoms with Crippen molar-refractivity contribution in [1.29, 1.82) is 0 Å². The van der Waals surface area contributed by atoms with Crippen LogP contribution in [0.1, 0.15) is 28.4 Å². The quantitative estimate of drug-likeness (QED) is 0.716. The van der Waals surface area contributed by atoms with Crippen molar-refractivity contribution < 1.29 is 14.3 Å². The number of carbonyl (C=O) groups is 1. The molecule has 0 aliphatic rings. The summed E-state index contributed by atoms with van der Waals surface area (Å²) < 4.78 is 10.4. The highest BCUT2D eigenvalue weighted by molar-refractivity contribution is 5.98. The number of rotatable bonds is 3. The minimum absolute atomic E-state index is 0.0201. The molecule has 0 unspecified atom stereocenters. The van der Waals surface area contributed by atoms with Crippen molar-refractivity contribution in [2.75, 3.05) is 14.2 Å². The van der Waals surface area contributed by atoms with Crippen LogP contribution in [0.3, 0.4) is 0 Å². The normalized spacial score (nSPS) is 9.93. The van der Waals surface area contributed by atoms with Gasteiger partial charge in [0.25, 0.3) is 0 Å². The zero-order valence-corrected chi connectivity index (χ0v) is 9.80. The van der Waals surface area contributed by atoms with Gasteiger partial charge in [0.2, 0.25) is 0 Å². The fraction of sp³-hybridized carbons (Fsp3) is 0.417. The molecule has 0 spiro atoms. The Bertz CT molecular complexity index is 394. The SMILES string of the molecule is COc1cc(C(C)=O)c(OC)c(C)c1C. The smallest absolute Gasteiger partial charge is 0.163 e. The molecule has 0 bridgehead atoms. The second kappa shape index (κ2) is 4.34. The molecule has 1 rings (SSSR count). The molecule has 0 aliphatic carbocycles. The molecular formula is C12H16O3. The van der Waals surface area contributed by atoms with Gasteiger partial charge in [0.15, 0.2) is 5.78 Å². The molecular weight excluding hydrogens is 192 g/mol. The van der Waals surface area contributed by atoms with Gasteiger partial charge in [0, 0.05) is 0 Å². The van der Waals surface area contributed by atoms with E-state index in [1.807, 2.05) is 13.8 Å². The number of benzene rings is 1. The van der Waals surface area contributed by atoms with E-state index in [1.54, 1.807) is 20.3 Å². The van der Waals surface area contributed by atoms with E-state index in [0.717, 1.165) is 16.9 Å². The van der Waals surface area contributed by atoms with Crippen LogP contribution < -0.4 is 9.47 Å². The van der Waals surface area contributed by atoms with E-state index in [1.165, 1.54) is 6.92 Å². The summed E-state index contributed by atoms with van der Waals surface area (Å²) in [6, 6.07) is 1.73. The highest BCUT2D eigenvalue weighted by Gasteiger charge is 2.16. The molecule has 0 fully saturated rings. The minimum Gasteiger partial charge on any atom is -0.496 e. The summed E-state index contributed by atoms with van der Waals surface area (Å²) in [5.41, 5.74) is 2.51. The van der Waals surface area contributed by atoms with Crippen LogP contribution in [0, 0.1) is 13.8 Å². The van der Waals surface area contributed by atoms with Crippen LogP contribution in [0.4, 0.5) is 0 Å². The standard InChI is InChI=1S/C12H16O3/c1-7-8(2)12(15-5)10(9(3)13)6-11(7)14-4/h6H,1-5H3. The Morgan fingerprint density at radius 2 is 1.73 bits per heavy atom. The van der Waals surface area contributed by atoms with Gasteiger partial charge >= 0.3 is 0 Å². The largest absolute Gasteiger partial charge is 0.496 e. The maximum absolute atomic E-state index is 11.4. The first-order chi connectivity index (χ1) is 7.02. The van der Waals surface area contributed by atoms with Gasteiger partial charge in [-0.2, -0.15) is 0 Å². The van der Waals surface area contributed by atoms with E-state index in [9.17, 15) is 4.79 Å². The van der Waals surface area contributed by atoms with Crippen LogP contribution >= 0.6 is 0 Å². The van der Waals surface area contributed by atoms with Crippen molar-refractivity contribution in [2.24, 2.45) is 0 Å². The summed E-state index contributed by atoms with van der Waals surface area (Å²) in [4.78, 5) is 11.4. The Hall–Kier alpha value is -1.51. The first-order valence-corrected chi connectivity index (χ1v) is 4.76. The molecule has 1 aromatic rings. The predicted octanol–water partition coefficient (Wildman–Crippen LogP) is 2.52. The van der Waals surface area contributed by atoms with Gasteiger partial charge in [0.05, 0.1) is 19.8 Å². The van der Waals surface area contributed by atoms with Crippen LogP contribution in [0.15, 0.2) is 6.07 Å². The zero-order valence-electron chi connectivity index (χ0n) is 9.80. The van der Waals surface area contributed by atoms with Crippen LogP contribution in [0.25, 0.3) is 0 Å². The molecule has 0 aliphatic heterocycles. The summed E-state index contributed by atoms with van der Waals surface area (Å²) in [6.45, 7) is 5.38. The Morgan fingerprint density at radius 3 is 2.13 bits per heavy atom. The second-order valence-electron chi connectivity index (χ2n) is 3.47. The molecule has 82 valence electrons. The minimum atomic E-state index is -0.0201. The summed E-state index contributed by atoms with van der Waals surface area (Å²) >= 11 is 0. The predicted molar refractivity (Wildman–Crippen MR) is 59.0 cm³/mol. The van der Waals surface area contributed by atoms with Crippen molar-refractivity contribution in [3.63, 3.8) is 0 Å². The number of ketones is 1. The lowest BCUT2D eigenvalue weighted by Crippen LogP contribution is -2.03. The van der Waals surface area contributed by atoms with Gasteiger partial charge < -0.3 is 9.47 Å². The van der Waals surface area contributed by atoms with Gasteiger partial charge in [-0.3, -0.25) is 4.79 Å². The average Bonchev–Trinajstić information content (AvgIpc) is 2.21.